The molecule has 2 rings (SSSR count). The van der Waals surface area contributed by atoms with Crippen molar-refractivity contribution in [2.24, 2.45) is 0 Å². The van der Waals surface area contributed by atoms with Gasteiger partial charge in [0.05, 0.1) is 17.6 Å². The lowest BCUT2D eigenvalue weighted by Gasteiger charge is -2.25. The maximum absolute atomic E-state index is 13.1. The highest BCUT2D eigenvalue weighted by Crippen LogP contribution is 2.24. The molecule has 0 bridgehead atoms. The number of sulfone groups is 1. The number of rotatable bonds is 4. The predicted molar refractivity (Wildman–Crippen MR) is 71.0 cm³/mol. The Bertz CT molecular complexity index is 606. The Morgan fingerprint density at radius 2 is 2.10 bits per heavy atom. The average Bonchev–Trinajstić information content (AvgIpc) is 2.65. The lowest BCUT2D eigenvalue weighted by atomic mass is 10.0. The largest absolute Gasteiger partial charge is 0.387 e. The summed E-state index contributed by atoms with van der Waals surface area (Å²) < 4.78 is 48.8. The number of benzene rings is 1. The summed E-state index contributed by atoms with van der Waals surface area (Å²) in [6.45, 7) is 1.85. The molecule has 2 atom stereocenters. The molecule has 4 nitrogen and oxygen atoms in total. The Labute approximate surface area is 116 Å². The van der Waals surface area contributed by atoms with Crippen molar-refractivity contribution < 1.29 is 22.3 Å². The van der Waals surface area contributed by atoms with E-state index in [-0.39, 0.29) is 23.6 Å². The van der Waals surface area contributed by atoms with Gasteiger partial charge in [-0.1, -0.05) is 6.07 Å². The number of hydrogen-bond acceptors (Lipinski definition) is 4. The first-order chi connectivity index (χ1) is 9.21. The molecule has 1 fully saturated rings. The molecule has 7 heteroatoms. The van der Waals surface area contributed by atoms with Gasteiger partial charge in [-0.05, 0) is 31.0 Å². The van der Waals surface area contributed by atoms with Crippen LogP contribution in [0.5, 0.6) is 0 Å². The van der Waals surface area contributed by atoms with E-state index in [0.717, 1.165) is 12.1 Å². The topological polar surface area (TPSA) is 66.4 Å². The molecule has 0 saturated carbocycles. The number of aliphatic hydroxyl groups is 1. The maximum atomic E-state index is 13.1. The molecule has 20 heavy (non-hydrogen) atoms. The van der Waals surface area contributed by atoms with Crippen LogP contribution in [0.2, 0.25) is 0 Å². The van der Waals surface area contributed by atoms with Crippen molar-refractivity contribution in [2.45, 2.75) is 25.0 Å². The summed E-state index contributed by atoms with van der Waals surface area (Å²) >= 11 is 0. The number of halogens is 2. The van der Waals surface area contributed by atoms with E-state index in [9.17, 15) is 22.3 Å². The molecule has 2 unspecified atom stereocenters. The molecule has 0 spiro atoms. The molecule has 1 heterocycles. The van der Waals surface area contributed by atoms with E-state index in [0.29, 0.717) is 6.42 Å². The van der Waals surface area contributed by atoms with Crippen LogP contribution in [-0.4, -0.2) is 37.1 Å². The molecule has 112 valence electrons. The van der Waals surface area contributed by atoms with Crippen LogP contribution < -0.4 is 5.32 Å². The third kappa shape index (κ3) is 3.53. The van der Waals surface area contributed by atoms with Crippen LogP contribution >= 0.6 is 0 Å². The zero-order chi connectivity index (χ0) is 15.0. The third-order valence-electron chi connectivity index (χ3n) is 3.55. The van der Waals surface area contributed by atoms with E-state index in [1.54, 1.807) is 6.92 Å². The van der Waals surface area contributed by atoms with Gasteiger partial charge in [-0.25, -0.2) is 17.2 Å². The molecule has 0 amide bonds. The van der Waals surface area contributed by atoms with Crippen LogP contribution in [0.3, 0.4) is 0 Å². The molecule has 2 N–H and O–H groups in total. The fraction of sp³-hybridized carbons (Fsp3) is 0.538. The van der Waals surface area contributed by atoms with Crippen molar-refractivity contribution >= 4 is 9.84 Å². The fourth-order valence-corrected chi connectivity index (χ4v) is 4.45. The van der Waals surface area contributed by atoms with Gasteiger partial charge in [-0.15, -0.1) is 0 Å². The Morgan fingerprint density at radius 3 is 2.65 bits per heavy atom. The van der Waals surface area contributed by atoms with Crippen LogP contribution in [-0.2, 0) is 9.84 Å². The van der Waals surface area contributed by atoms with E-state index < -0.39 is 33.1 Å². The Hall–Kier alpha value is -1.05. The summed E-state index contributed by atoms with van der Waals surface area (Å²) in [5.74, 6) is -1.85. The zero-order valence-electron chi connectivity index (χ0n) is 11.1. The van der Waals surface area contributed by atoms with E-state index >= 15 is 0 Å². The van der Waals surface area contributed by atoms with Crippen LogP contribution in [0.1, 0.15) is 25.0 Å². The summed E-state index contributed by atoms with van der Waals surface area (Å²) in [7, 11) is -3.03. The highest BCUT2D eigenvalue weighted by atomic mass is 32.2. The minimum Gasteiger partial charge on any atom is -0.387 e. The van der Waals surface area contributed by atoms with Crippen molar-refractivity contribution in [1.82, 2.24) is 5.32 Å². The van der Waals surface area contributed by atoms with Crippen molar-refractivity contribution in [3.8, 4) is 0 Å². The number of nitrogens with one attached hydrogen (secondary N) is 1. The lowest BCUT2D eigenvalue weighted by molar-refractivity contribution is 0.161. The van der Waals surface area contributed by atoms with E-state index in [2.05, 4.69) is 5.32 Å². The monoisotopic (exact) mass is 305 g/mol. The van der Waals surface area contributed by atoms with Crippen LogP contribution in [0, 0.1) is 11.6 Å². The maximum Gasteiger partial charge on any atom is 0.159 e. The molecule has 1 saturated heterocycles. The van der Waals surface area contributed by atoms with Crippen molar-refractivity contribution in [3.63, 3.8) is 0 Å². The van der Waals surface area contributed by atoms with Crippen molar-refractivity contribution in [1.29, 1.82) is 0 Å². The summed E-state index contributed by atoms with van der Waals surface area (Å²) in [5.41, 5.74) is -0.334. The summed E-state index contributed by atoms with van der Waals surface area (Å²) in [6.07, 6.45) is -0.551. The zero-order valence-corrected chi connectivity index (χ0v) is 11.9. The van der Waals surface area contributed by atoms with Gasteiger partial charge in [0.15, 0.2) is 21.5 Å². The van der Waals surface area contributed by atoms with Crippen LogP contribution in [0.4, 0.5) is 8.78 Å². The highest BCUT2D eigenvalue weighted by Gasteiger charge is 2.38. The normalized spacial score (nSPS) is 26.6. The lowest BCUT2D eigenvalue weighted by Crippen LogP contribution is -2.45. The van der Waals surface area contributed by atoms with Gasteiger partial charge >= 0.3 is 0 Å². The van der Waals surface area contributed by atoms with E-state index in [1.807, 2.05) is 0 Å². The Kier molecular flexibility index (Phi) is 4.13. The smallest absolute Gasteiger partial charge is 0.159 e. The average molecular weight is 305 g/mol. The van der Waals surface area contributed by atoms with Gasteiger partial charge in [0.2, 0.25) is 0 Å². The Morgan fingerprint density at radius 1 is 1.40 bits per heavy atom. The van der Waals surface area contributed by atoms with Gasteiger partial charge < -0.3 is 10.4 Å². The first-order valence-electron chi connectivity index (χ1n) is 6.29. The second kappa shape index (κ2) is 5.38. The fourth-order valence-electron chi connectivity index (χ4n) is 2.33. The molecule has 1 aliphatic heterocycles. The quantitative estimate of drug-likeness (QED) is 0.876. The second-order valence-electron chi connectivity index (χ2n) is 5.47. The number of β-amino-alcohol motifs (C(OH)–C–C–N with tert-alkyl or cyclic N) is 1. The standard InChI is InChI=1S/C13H17F2NO3S/c1-13(4-5-20(18,19)8-13)16-7-12(17)9-2-3-10(14)11(15)6-9/h2-3,6,12,16-17H,4-5,7-8H2,1H3. The van der Waals surface area contributed by atoms with Gasteiger partial charge in [-0.3, -0.25) is 0 Å². The molecular formula is C13H17F2NO3S. The summed E-state index contributed by atoms with van der Waals surface area (Å²) in [4.78, 5) is 0. The van der Waals surface area contributed by atoms with Crippen molar-refractivity contribution in [3.05, 3.63) is 35.4 Å². The van der Waals surface area contributed by atoms with E-state index in [1.165, 1.54) is 6.07 Å². The number of hydrogen-bond donors (Lipinski definition) is 2. The summed E-state index contributed by atoms with van der Waals surface area (Å²) in [6, 6.07) is 3.20. The first-order valence-corrected chi connectivity index (χ1v) is 8.11. The van der Waals surface area contributed by atoms with Gasteiger partial charge in [0, 0.05) is 12.1 Å². The Balaban J connectivity index is 1.98. The van der Waals surface area contributed by atoms with E-state index in [4.69, 9.17) is 0 Å². The molecule has 1 aromatic rings. The first kappa shape index (κ1) is 15.3. The van der Waals surface area contributed by atoms with Crippen molar-refractivity contribution in [2.75, 3.05) is 18.1 Å². The predicted octanol–water partition coefficient (Wildman–Crippen LogP) is 1.17. The van der Waals surface area contributed by atoms with Gasteiger partial charge in [0.1, 0.15) is 0 Å². The number of aliphatic hydroxyl groups excluding tert-OH is 1. The molecular weight excluding hydrogens is 288 g/mol. The van der Waals surface area contributed by atoms with Crippen LogP contribution in [0.15, 0.2) is 18.2 Å². The molecule has 0 radical (unpaired) electrons. The highest BCUT2D eigenvalue weighted by molar-refractivity contribution is 7.91. The summed E-state index contributed by atoms with van der Waals surface area (Å²) in [5, 5.41) is 12.9. The minimum atomic E-state index is -3.03. The molecule has 0 aliphatic carbocycles. The molecule has 1 aromatic carbocycles. The minimum absolute atomic E-state index is 0.0184. The molecule has 1 aliphatic rings. The van der Waals surface area contributed by atoms with Gasteiger partial charge in [0.25, 0.3) is 0 Å². The third-order valence-corrected chi connectivity index (χ3v) is 5.46. The van der Waals surface area contributed by atoms with Gasteiger partial charge in [-0.2, -0.15) is 0 Å². The molecule has 0 aromatic heterocycles. The SMILES string of the molecule is CC1(NCC(O)c2ccc(F)c(F)c2)CCS(=O)(=O)C1. The van der Waals surface area contributed by atoms with Crippen LogP contribution in [0.25, 0.3) is 0 Å². The second-order valence-corrected chi connectivity index (χ2v) is 7.66.